The molecule has 130 valence electrons. The van der Waals surface area contributed by atoms with Crippen LogP contribution >= 0.6 is 11.3 Å². The third-order valence-corrected chi connectivity index (χ3v) is 4.36. The first kappa shape index (κ1) is 17.2. The number of H-pyrrole nitrogens is 1. The van der Waals surface area contributed by atoms with Crippen LogP contribution in [0.25, 0.3) is 10.6 Å². The van der Waals surface area contributed by atoms with E-state index in [0.717, 1.165) is 12.1 Å². The molecule has 0 saturated carbocycles. The van der Waals surface area contributed by atoms with Gasteiger partial charge in [0, 0.05) is 23.3 Å². The number of aromatic nitrogens is 3. The maximum atomic E-state index is 12.6. The summed E-state index contributed by atoms with van der Waals surface area (Å²) >= 11 is 1.19. The fraction of sp³-hybridized carbons (Fsp3) is 0.188. The summed E-state index contributed by atoms with van der Waals surface area (Å²) < 4.78 is 37.8. The van der Waals surface area contributed by atoms with E-state index in [1.54, 1.807) is 24.7 Å². The van der Waals surface area contributed by atoms with Gasteiger partial charge in [0.05, 0.1) is 11.6 Å². The molecule has 0 saturated heterocycles. The first-order chi connectivity index (χ1) is 11.8. The molecule has 3 aromatic rings. The van der Waals surface area contributed by atoms with Gasteiger partial charge in [0.2, 0.25) is 0 Å². The van der Waals surface area contributed by atoms with E-state index >= 15 is 0 Å². The SMILES string of the molecule is CC(NC(=O)c1csc(-c2ccc(C(F)(F)F)cc2)n1)c1ncc[nH]1. The highest BCUT2D eigenvalue weighted by atomic mass is 32.1. The highest BCUT2D eigenvalue weighted by molar-refractivity contribution is 7.13. The molecule has 1 unspecified atom stereocenters. The normalized spacial score (nSPS) is 12.8. The van der Waals surface area contributed by atoms with Crippen molar-refractivity contribution in [1.29, 1.82) is 0 Å². The maximum Gasteiger partial charge on any atom is 0.416 e. The molecule has 1 atom stereocenters. The van der Waals surface area contributed by atoms with Crippen LogP contribution in [0.1, 0.15) is 34.8 Å². The summed E-state index contributed by atoms with van der Waals surface area (Å²) in [4.78, 5) is 23.4. The largest absolute Gasteiger partial charge is 0.416 e. The second-order valence-corrected chi connectivity index (χ2v) is 6.14. The van der Waals surface area contributed by atoms with Crippen molar-refractivity contribution in [2.75, 3.05) is 0 Å². The Kier molecular flexibility index (Phi) is 4.58. The van der Waals surface area contributed by atoms with Gasteiger partial charge in [0.25, 0.3) is 5.91 Å². The van der Waals surface area contributed by atoms with E-state index in [4.69, 9.17) is 0 Å². The summed E-state index contributed by atoms with van der Waals surface area (Å²) in [5.74, 6) is 0.241. The second kappa shape index (κ2) is 6.67. The predicted molar refractivity (Wildman–Crippen MR) is 87.0 cm³/mol. The lowest BCUT2D eigenvalue weighted by Gasteiger charge is -2.09. The van der Waals surface area contributed by atoms with Gasteiger partial charge in [-0.3, -0.25) is 4.79 Å². The van der Waals surface area contributed by atoms with Crippen molar-refractivity contribution < 1.29 is 18.0 Å². The van der Waals surface area contributed by atoms with Gasteiger partial charge >= 0.3 is 6.18 Å². The molecule has 0 radical (unpaired) electrons. The molecule has 2 N–H and O–H groups in total. The van der Waals surface area contributed by atoms with E-state index in [1.807, 2.05) is 0 Å². The summed E-state index contributed by atoms with van der Waals surface area (Å²) in [7, 11) is 0. The smallest absolute Gasteiger partial charge is 0.347 e. The van der Waals surface area contributed by atoms with Crippen LogP contribution in [0, 0.1) is 0 Å². The molecule has 2 aromatic heterocycles. The molecule has 25 heavy (non-hydrogen) atoms. The molecule has 2 heterocycles. The minimum absolute atomic E-state index is 0.207. The number of aromatic amines is 1. The number of rotatable bonds is 4. The third-order valence-electron chi connectivity index (χ3n) is 3.47. The van der Waals surface area contributed by atoms with E-state index < -0.39 is 11.7 Å². The Bertz CT molecular complexity index is 856. The van der Waals surface area contributed by atoms with Gasteiger partial charge in [-0.2, -0.15) is 13.2 Å². The minimum Gasteiger partial charge on any atom is -0.347 e. The first-order valence-corrected chi connectivity index (χ1v) is 8.16. The van der Waals surface area contributed by atoms with Crippen LogP contribution in [0.2, 0.25) is 0 Å². The molecule has 1 amide bonds. The lowest BCUT2D eigenvalue weighted by Crippen LogP contribution is -2.27. The highest BCUT2D eigenvalue weighted by Crippen LogP contribution is 2.31. The van der Waals surface area contributed by atoms with Crippen molar-refractivity contribution in [3.63, 3.8) is 0 Å². The quantitative estimate of drug-likeness (QED) is 0.732. The average molecular weight is 366 g/mol. The Morgan fingerprint density at radius 3 is 2.60 bits per heavy atom. The van der Waals surface area contributed by atoms with Crippen LogP contribution in [-0.4, -0.2) is 20.9 Å². The summed E-state index contributed by atoms with van der Waals surface area (Å²) in [5, 5.41) is 4.80. The Morgan fingerprint density at radius 2 is 2.00 bits per heavy atom. The van der Waals surface area contributed by atoms with Gasteiger partial charge in [-0.25, -0.2) is 9.97 Å². The molecule has 0 aliphatic rings. The zero-order chi connectivity index (χ0) is 18.0. The summed E-state index contributed by atoms with van der Waals surface area (Å²) in [6.45, 7) is 1.78. The van der Waals surface area contributed by atoms with Crippen LogP contribution < -0.4 is 5.32 Å². The first-order valence-electron chi connectivity index (χ1n) is 7.28. The van der Waals surface area contributed by atoms with Crippen LogP contribution in [-0.2, 0) is 6.18 Å². The third kappa shape index (κ3) is 3.87. The Morgan fingerprint density at radius 1 is 1.28 bits per heavy atom. The second-order valence-electron chi connectivity index (χ2n) is 5.28. The zero-order valence-corrected chi connectivity index (χ0v) is 13.8. The van der Waals surface area contributed by atoms with Gasteiger partial charge in [-0.1, -0.05) is 12.1 Å². The molecule has 1 aromatic carbocycles. The minimum atomic E-state index is -4.38. The molecule has 0 fully saturated rings. The Balaban J connectivity index is 1.72. The van der Waals surface area contributed by atoms with E-state index in [9.17, 15) is 18.0 Å². The van der Waals surface area contributed by atoms with Gasteiger partial charge in [-0.15, -0.1) is 11.3 Å². The number of carbonyl (C=O) groups excluding carboxylic acids is 1. The number of hydrogen-bond donors (Lipinski definition) is 2. The van der Waals surface area contributed by atoms with Crippen LogP contribution in [0.15, 0.2) is 42.0 Å². The molecule has 0 aliphatic heterocycles. The molecule has 0 aliphatic carbocycles. The van der Waals surface area contributed by atoms with Crippen molar-refractivity contribution in [3.05, 3.63) is 59.1 Å². The summed E-state index contributed by atoms with van der Waals surface area (Å²) in [6, 6.07) is 4.35. The number of imidazole rings is 1. The zero-order valence-electron chi connectivity index (χ0n) is 13.0. The lowest BCUT2D eigenvalue weighted by molar-refractivity contribution is -0.137. The van der Waals surface area contributed by atoms with Crippen LogP contribution in [0.5, 0.6) is 0 Å². The number of hydrogen-bond acceptors (Lipinski definition) is 4. The topological polar surface area (TPSA) is 70.7 Å². The van der Waals surface area contributed by atoms with Crippen molar-refractivity contribution in [2.24, 2.45) is 0 Å². The Labute approximate surface area is 145 Å². The maximum absolute atomic E-state index is 12.6. The molecular weight excluding hydrogens is 353 g/mol. The molecule has 0 spiro atoms. The standard InChI is InChI=1S/C16H13F3N4OS/c1-9(13-20-6-7-21-13)22-14(24)12-8-25-15(23-12)10-2-4-11(5-3-10)16(17,18)19/h2-9H,1H3,(H,20,21)(H,22,24). The number of nitrogens with one attached hydrogen (secondary N) is 2. The van der Waals surface area contributed by atoms with Gasteiger partial charge in [0.15, 0.2) is 0 Å². The molecule has 5 nitrogen and oxygen atoms in total. The van der Waals surface area contributed by atoms with E-state index in [0.29, 0.717) is 16.4 Å². The summed E-state index contributed by atoms with van der Waals surface area (Å²) in [6.07, 6.45) is -1.14. The van der Waals surface area contributed by atoms with E-state index in [1.165, 1.54) is 23.5 Å². The fourth-order valence-corrected chi connectivity index (χ4v) is 2.97. The number of thiazole rings is 1. The highest BCUT2D eigenvalue weighted by Gasteiger charge is 2.30. The fourth-order valence-electron chi connectivity index (χ4n) is 2.17. The predicted octanol–water partition coefficient (Wildman–Crippen LogP) is 4.04. The molecule has 3 rings (SSSR count). The van der Waals surface area contributed by atoms with Crippen LogP contribution in [0.4, 0.5) is 13.2 Å². The van der Waals surface area contributed by atoms with Gasteiger partial charge in [-0.05, 0) is 19.1 Å². The Hall–Kier alpha value is -2.68. The molecular formula is C16H13F3N4OS. The van der Waals surface area contributed by atoms with E-state index in [-0.39, 0.29) is 17.6 Å². The number of nitrogens with zero attached hydrogens (tertiary/aromatic N) is 2. The average Bonchev–Trinajstić information content (AvgIpc) is 3.26. The van der Waals surface area contributed by atoms with Crippen molar-refractivity contribution in [2.45, 2.75) is 19.1 Å². The summed E-state index contributed by atoms with van der Waals surface area (Å²) in [5.41, 5.74) is 0.00693. The number of halogens is 3. The van der Waals surface area contributed by atoms with Crippen molar-refractivity contribution in [1.82, 2.24) is 20.3 Å². The number of carbonyl (C=O) groups is 1. The van der Waals surface area contributed by atoms with Crippen LogP contribution in [0.3, 0.4) is 0 Å². The molecule has 0 bridgehead atoms. The van der Waals surface area contributed by atoms with Gasteiger partial charge in [0.1, 0.15) is 16.5 Å². The van der Waals surface area contributed by atoms with E-state index in [2.05, 4.69) is 20.3 Å². The van der Waals surface area contributed by atoms with Crippen molar-refractivity contribution in [3.8, 4) is 10.6 Å². The monoisotopic (exact) mass is 366 g/mol. The number of amides is 1. The van der Waals surface area contributed by atoms with Gasteiger partial charge < -0.3 is 10.3 Å². The number of benzene rings is 1. The molecule has 9 heteroatoms. The number of alkyl halides is 3. The lowest BCUT2D eigenvalue weighted by atomic mass is 10.1. The van der Waals surface area contributed by atoms with Crippen molar-refractivity contribution >= 4 is 17.2 Å².